The number of nitrogens with one attached hydrogen (secondary N) is 1. The van der Waals surface area contributed by atoms with Gasteiger partial charge in [0.1, 0.15) is 0 Å². The second-order valence-electron chi connectivity index (χ2n) is 10.1. The summed E-state index contributed by atoms with van der Waals surface area (Å²) in [5.74, 6) is 1.70. The van der Waals surface area contributed by atoms with Gasteiger partial charge in [-0.15, -0.1) is 0 Å². The Morgan fingerprint density at radius 3 is 2.31 bits per heavy atom. The van der Waals surface area contributed by atoms with Crippen LogP contribution in [-0.2, 0) is 9.59 Å². The van der Waals surface area contributed by atoms with Crippen molar-refractivity contribution in [1.82, 2.24) is 10.2 Å². The summed E-state index contributed by atoms with van der Waals surface area (Å²) in [5, 5.41) is 3.43. The number of hydrogen-bond acceptors (Lipinski definition) is 3. The summed E-state index contributed by atoms with van der Waals surface area (Å²) in [5.41, 5.74) is -0.341. The average Bonchev–Trinajstić information content (AvgIpc) is 3.03. The van der Waals surface area contributed by atoms with Gasteiger partial charge in [-0.05, 0) is 68.4 Å². The fourth-order valence-corrected chi connectivity index (χ4v) is 7.53. The number of fused-ring (bicyclic) bond motifs is 3. The van der Waals surface area contributed by atoms with Gasteiger partial charge >= 0.3 is 0 Å². The Kier molecular flexibility index (Phi) is 3.38. The van der Waals surface area contributed by atoms with Crippen LogP contribution in [0.5, 0.6) is 0 Å². The highest BCUT2D eigenvalue weighted by Crippen LogP contribution is 2.56. The molecule has 6 aliphatic rings. The molecule has 6 heteroatoms. The van der Waals surface area contributed by atoms with Gasteiger partial charge in [0, 0.05) is 25.4 Å². The lowest BCUT2D eigenvalue weighted by Gasteiger charge is -2.58. The van der Waals surface area contributed by atoms with Gasteiger partial charge in [-0.25, -0.2) is 0 Å². The topological polar surface area (TPSA) is 69.7 Å². The molecule has 6 nitrogen and oxygen atoms in total. The molecule has 4 aliphatic carbocycles. The Hall–Kier alpha value is -2.37. The van der Waals surface area contributed by atoms with Gasteiger partial charge in [0.2, 0.25) is 11.6 Å². The predicted molar refractivity (Wildman–Crippen MR) is 107 cm³/mol. The molecule has 4 bridgehead atoms. The van der Waals surface area contributed by atoms with E-state index in [0.717, 1.165) is 19.3 Å². The van der Waals surface area contributed by atoms with Crippen molar-refractivity contribution in [2.45, 2.75) is 62.6 Å². The lowest BCUT2D eigenvalue weighted by atomic mass is 9.53. The molecule has 0 aromatic heterocycles. The maximum Gasteiger partial charge on any atom is 0.267 e. The van der Waals surface area contributed by atoms with Crippen LogP contribution in [-0.4, -0.2) is 40.9 Å². The Morgan fingerprint density at radius 1 is 1.03 bits per heavy atom. The summed E-state index contributed by atoms with van der Waals surface area (Å²) >= 11 is 0. The molecule has 3 amide bonds. The van der Waals surface area contributed by atoms with Gasteiger partial charge in [-0.3, -0.25) is 19.3 Å². The van der Waals surface area contributed by atoms with Crippen molar-refractivity contribution in [3.8, 4) is 0 Å². The van der Waals surface area contributed by atoms with Gasteiger partial charge < -0.3 is 10.2 Å². The molecule has 1 aromatic carbocycles. The van der Waals surface area contributed by atoms with E-state index in [1.165, 1.54) is 24.2 Å². The Bertz CT molecular complexity index is 906. The van der Waals surface area contributed by atoms with E-state index in [4.69, 9.17) is 0 Å². The minimum absolute atomic E-state index is 0.0857. The lowest BCUT2D eigenvalue weighted by Crippen LogP contribution is -2.72. The molecular weight excluding hydrogens is 366 g/mol. The van der Waals surface area contributed by atoms with Gasteiger partial charge in [0.25, 0.3) is 11.8 Å². The molecule has 0 spiro atoms. The highest BCUT2D eigenvalue weighted by Gasteiger charge is 2.61. The number of para-hydroxylation sites is 1. The molecule has 1 atom stereocenters. The molecule has 0 unspecified atom stereocenters. The van der Waals surface area contributed by atoms with E-state index in [1.807, 2.05) is 6.07 Å². The summed E-state index contributed by atoms with van der Waals surface area (Å²) in [6.45, 7) is 0. The highest BCUT2D eigenvalue weighted by atomic mass is 16.2. The third-order valence-corrected chi connectivity index (χ3v) is 8.32. The average molecular weight is 393 g/mol. The zero-order valence-corrected chi connectivity index (χ0v) is 16.8. The summed E-state index contributed by atoms with van der Waals surface area (Å²) in [6, 6.07) is 7.15. The molecule has 5 fully saturated rings. The monoisotopic (exact) mass is 393 g/mol. The first-order valence-corrected chi connectivity index (χ1v) is 10.9. The van der Waals surface area contributed by atoms with Crippen LogP contribution in [0.15, 0.2) is 24.3 Å². The quantitative estimate of drug-likeness (QED) is 0.840. The van der Waals surface area contributed by atoms with E-state index in [9.17, 15) is 14.4 Å². The van der Waals surface area contributed by atoms with Crippen LogP contribution in [0.3, 0.4) is 0 Å². The van der Waals surface area contributed by atoms with Gasteiger partial charge in [-0.1, -0.05) is 12.1 Å². The van der Waals surface area contributed by atoms with Crippen LogP contribution >= 0.6 is 0 Å². The number of amides is 3. The van der Waals surface area contributed by atoms with Gasteiger partial charge in [0.15, 0.2) is 0 Å². The van der Waals surface area contributed by atoms with Crippen molar-refractivity contribution >= 4 is 23.4 Å². The van der Waals surface area contributed by atoms with E-state index in [-0.39, 0.29) is 29.7 Å². The molecule has 0 radical (unpaired) electrons. The number of hydrogen-bond donors (Lipinski definition) is 1. The first kappa shape index (κ1) is 17.5. The second-order valence-corrected chi connectivity index (χ2v) is 10.1. The van der Waals surface area contributed by atoms with E-state index in [1.54, 1.807) is 30.1 Å². The lowest BCUT2D eigenvalue weighted by molar-refractivity contribution is -0.138. The Balaban J connectivity index is 1.40. The van der Waals surface area contributed by atoms with Crippen LogP contribution in [0.1, 0.15) is 61.7 Å². The fraction of sp³-hybridized carbons (Fsp3) is 0.609. The number of rotatable bonds is 2. The van der Waals surface area contributed by atoms with Crippen molar-refractivity contribution in [1.29, 1.82) is 0 Å². The molecule has 152 valence electrons. The summed E-state index contributed by atoms with van der Waals surface area (Å²) < 4.78 is 0. The third-order valence-electron chi connectivity index (χ3n) is 8.32. The molecule has 2 aliphatic heterocycles. The standard InChI is InChI=1S/C23H27N3O3/c1-25-20(28)17-4-2-3-5-18(17)26-19(27)6-7-23(25,26)21(29)24-22-11-14-8-15(12-22)10-16(9-14)13-22/h2-5,14-16H,6-13H2,1H3,(H,24,29)/t14?,15?,16?,22?,23-/m0/s1. The maximum absolute atomic E-state index is 13.9. The molecular formula is C23H27N3O3. The minimum atomic E-state index is -1.24. The summed E-state index contributed by atoms with van der Waals surface area (Å²) in [6.07, 6.45) is 7.67. The first-order valence-electron chi connectivity index (χ1n) is 10.9. The normalized spacial score (nSPS) is 39.6. The van der Waals surface area contributed by atoms with E-state index in [2.05, 4.69) is 5.32 Å². The number of carbonyl (C=O) groups excluding carboxylic acids is 3. The number of nitrogens with zero attached hydrogens (tertiary/aromatic N) is 2. The summed E-state index contributed by atoms with van der Waals surface area (Å²) in [4.78, 5) is 43.1. The van der Waals surface area contributed by atoms with Crippen LogP contribution < -0.4 is 10.2 Å². The molecule has 1 aromatic rings. The van der Waals surface area contributed by atoms with Crippen molar-refractivity contribution in [2.24, 2.45) is 17.8 Å². The Labute approximate surface area is 170 Å². The summed E-state index contributed by atoms with van der Waals surface area (Å²) in [7, 11) is 1.67. The molecule has 29 heavy (non-hydrogen) atoms. The largest absolute Gasteiger partial charge is 0.347 e. The zero-order chi connectivity index (χ0) is 20.0. The maximum atomic E-state index is 13.9. The molecule has 2 heterocycles. The number of benzene rings is 1. The van der Waals surface area contributed by atoms with Gasteiger partial charge in [-0.2, -0.15) is 0 Å². The van der Waals surface area contributed by atoms with Crippen LogP contribution in [0.2, 0.25) is 0 Å². The first-order chi connectivity index (χ1) is 13.9. The SMILES string of the molecule is CN1C(=O)c2ccccc2N2C(=O)CC[C@]12C(=O)NC12CC3CC(CC(C3)C1)C2. The van der Waals surface area contributed by atoms with Crippen molar-refractivity contribution in [3.63, 3.8) is 0 Å². The third kappa shape index (κ3) is 2.20. The number of carbonyl (C=O) groups is 3. The van der Waals surface area contributed by atoms with Crippen molar-refractivity contribution < 1.29 is 14.4 Å². The smallest absolute Gasteiger partial charge is 0.267 e. The minimum Gasteiger partial charge on any atom is -0.347 e. The van der Waals surface area contributed by atoms with Crippen LogP contribution in [0, 0.1) is 17.8 Å². The number of anilines is 1. The van der Waals surface area contributed by atoms with Crippen molar-refractivity contribution in [3.05, 3.63) is 29.8 Å². The van der Waals surface area contributed by atoms with Crippen molar-refractivity contribution in [2.75, 3.05) is 11.9 Å². The molecule has 7 rings (SSSR count). The fourth-order valence-electron chi connectivity index (χ4n) is 7.53. The Morgan fingerprint density at radius 2 is 1.66 bits per heavy atom. The van der Waals surface area contributed by atoms with Crippen LogP contribution in [0.25, 0.3) is 0 Å². The zero-order valence-electron chi connectivity index (χ0n) is 16.8. The van der Waals surface area contributed by atoms with E-state index < -0.39 is 5.66 Å². The van der Waals surface area contributed by atoms with E-state index >= 15 is 0 Å². The predicted octanol–water partition coefficient (Wildman–Crippen LogP) is 2.68. The second kappa shape index (κ2) is 5.61. The molecule has 1 N–H and O–H groups in total. The number of likely N-dealkylation sites (N-methyl/N-ethyl adjacent to an activating group) is 1. The molecule has 1 saturated heterocycles. The molecule has 4 saturated carbocycles. The highest BCUT2D eigenvalue weighted by molar-refractivity contribution is 6.16. The van der Waals surface area contributed by atoms with Gasteiger partial charge in [0.05, 0.1) is 11.3 Å². The van der Waals surface area contributed by atoms with Crippen LogP contribution in [0.4, 0.5) is 5.69 Å². The van der Waals surface area contributed by atoms with E-state index in [0.29, 0.717) is 35.4 Å².